The lowest BCUT2D eigenvalue weighted by atomic mass is 9.89. The molecule has 1 heterocycles. The lowest BCUT2D eigenvalue weighted by molar-refractivity contribution is 0.0713. The molecule has 0 atom stereocenters. The summed E-state index contributed by atoms with van der Waals surface area (Å²) < 4.78 is 5.66. The van der Waals surface area contributed by atoms with Gasteiger partial charge < -0.3 is 9.64 Å². The molecule has 1 amide bonds. The summed E-state index contributed by atoms with van der Waals surface area (Å²) in [5.41, 5.74) is 2.06. The number of likely N-dealkylation sites (tertiary alicyclic amines) is 1. The van der Waals surface area contributed by atoms with Crippen LogP contribution in [0.4, 0.5) is 0 Å². The van der Waals surface area contributed by atoms with E-state index in [0.29, 0.717) is 12.5 Å². The highest BCUT2D eigenvalue weighted by Gasteiger charge is 2.24. The highest BCUT2D eigenvalue weighted by atomic mass is 16.5. The van der Waals surface area contributed by atoms with Crippen LogP contribution >= 0.6 is 0 Å². The van der Waals surface area contributed by atoms with E-state index in [2.05, 4.69) is 24.0 Å². The van der Waals surface area contributed by atoms with Crippen LogP contribution in [0.2, 0.25) is 0 Å². The van der Waals surface area contributed by atoms with E-state index in [1.54, 1.807) is 0 Å². The first-order valence-electron chi connectivity index (χ1n) is 8.74. The zero-order valence-electron chi connectivity index (χ0n) is 14.6. The van der Waals surface area contributed by atoms with Crippen LogP contribution < -0.4 is 4.74 Å². The summed E-state index contributed by atoms with van der Waals surface area (Å²) in [6.45, 7) is 3.82. The zero-order valence-corrected chi connectivity index (χ0v) is 14.6. The minimum atomic E-state index is 0.134. The second-order valence-electron chi connectivity index (χ2n) is 6.22. The van der Waals surface area contributed by atoms with Crippen molar-refractivity contribution in [2.24, 2.45) is 0 Å². The lowest BCUT2D eigenvalue weighted by Gasteiger charge is -2.32. The number of carbonyl (C=O) groups is 1. The Labute approximate surface area is 149 Å². The van der Waals surface area contributed by atoms with Gasteiger partial charge in [-0.15, -0.1) is 5.92 Å². The number of hydrogen-bond donors (Lipinski definition) is 0. The highest BCUT2D eigenvalue weighted by molar-refractivity contribution is 5.94. The van der Waals surface area contributed by atoms with Crippen molar-refractivity contribution in [1.82, 2.24) is 4.90 Å². The fourth-order valence-corrected chi connectivity index (χ4v) is 3.23. The summed E-state index contributed by atoms with van der Waals surface area (Å²) in [4.78, 5) is 14.5. The number of nitrogens with zero attached hydrogens (tertiary/aromatic N) is 1. The van der Waals surface area contributed by atoms with Crippen LogP contribution in [0.25, 0.3) is 0 Å². The van der Waals surface area contributed by atoms with Crippen molar-refractivity contribution in [3.63, 3.8) is 0 Å². The Kier molecular flexibility index (Phi) is 5.74. The van der Waals surface area contributed by atoms with Gasteiger partial charge in [0.2, 0.25) is 0 Å². The third-order valence-electron chi connectivity index (χ3n) is 4.62. The molecular formula is C22H23NO2. The molecule has 1 aliphatic rings. The fraction of sp³-hybridized carbons (Fsp3) is 0.318. The molecule has 3 nitrogen and oxygen atoms in total. The smallest absolute Gasteiger partial charge is 0.253 e. The summed E-state index contributed by atoms with van der Waals surface area (Å²) in [6, 6.07) is 17.8. The molecule has 0 spiro atoms. The molecule has 1 fully saturated rings. The molecule has 0 unspecified atom stereocenters. The monoisotopic (exact) mass is 333 g/mol. The first-order valence-corrected chi connectivity index (χ1v) is 8.74. The van der Waals surface area contributed by atoms with E-state index < -0.39 is 0 Å². The molecule has 2 aromatic carbocycles. The molecule has 128 valence electrons. The van der Waals surface area contributed by atoms with E-state index in [-0.39, 0.29) is 5.91 Å². The molecule has 0 aliphatic carbocycles. The standard InChI is InChI=1S/C22H23NO2/c1-2-3-16-25-21-11-7-10-20(17-21)18-12-14-23(15-13-18)22(24)19-8-5-4-6-9-19/h4-11,17-18H,12-16H2,1H3. The van der Waals surface area contributed by atoms with Crippen molar-refractivity contribution < 1.29 is 9.53 Å². The molecule has 25 heavy (non-hydrogen) atoms. The van der Waals surface area contributed by atoms with Crippen molar-refractivity contribution >= 4 is 5.91 Å². The number of amides is 1. The maximum absolute atomic E-state index is 12.5. The van der Waals surface area contributed by atoms with E-state index in [0.717, 1.165) is 37.2 Å². The third-order valence-corrected chi connectivity index (χ3v) is 4.62. The number of rotatable bonds is 4. The Bertz CT molecular complexity index is 765. The summed E-state index contributed by atoms with van der Waals surface area (Å²) in [7, 11) is 0. The first-order chi connectivity index (χ1) is 12.3. The molecule has 0 bridgehead atoms. The summed E-state index contributed by atoms with van der Waals surface area (Å²) in [5.74, 6) is 7.22. The van der Waals surface area contributed by atoms with Gasteiger partial charge in [-0.2, -0.15) is 0 Å². The average molecular weight is 333 g/mol. The number of benzene rings is 2. The van der Waals surface area contributed by atoms with Gasteiger partial charge in [0.1, 0.15) is 12.4 Å². The maximum atomic E-state index is 12.5. The number of carbonyl (C=O) groups excluding carboxylic acids is 1. The Morgan fingerprint density at radius 2 is 1.88 bits per heavy atom. The van der Waals surface area contributed by atoms with E-state index in [9.17, 15) is 4.79 Å². The number of piperidine rings is 1. The van der Waals surface area contributed by atoms with Gasteiger partial charge >= 0.3 is 0 Å². The fourth-order valence-electron chi connectivity index (χ4n) is 3.23. The number of hydrogen-bond acceptors (Lipinski definition) is 2. The van der Waals surface area contributed by atoms with Crippen LogP contribution in [0.3, 0.4) is 0 Å². The van der Waals surface area contributed by atoms with Crippen molar-refractivity contribution in [2.75, 3.05) is 19.7 Å². The predicted octanol–water partition coefficient (Wildman–Crippen LogP) is 4.11. The van der Waals surface area contributed by atoms with Crippen LogP contribution in [-0.4, -0.2) is 30.5 Å². The lowest BCUT2D eigenvalue weighted by Crippen LogP contribution is -2.37. The maximum Gasteiger partial charge on any atom is 0.253 e. The Balaban J connectivity index is 1.59. The summed E-state index contributed by atoms with van der Waals surface area (Å²) in [6.07, 6.45) is 1.97. The minimum absolute atomic E-state index is 0.134. The van der Waals surface area contributed by atoms with Gasteiger partial charge in [-0.25, -0.2) is 0 Å². The summed E-state index contributed by atoms with van der Waals surface area (Å²) in [5, 5.41) is 0. The second kappa shape index (κ2) is 8.39. The van der Waals surface area contributed by atoms with Crippen molar-refractivity contribution in [2.45, 2.75) is 25.7 Å². The van der Waals surface area contributed by atoms with Crippen molar-refractivity contribution in [3.8, 4) is 17.6 Å². The molecule has 3 heteroatoms. The number of ether oxygens (including phenoxy) is 1. The Hall–Kier alpha value is -2.73. The molecule has 3 rings (SSSR count). The van der Waals surface area contributed by atoms with Gasteiger partial charge in [0, 0.05) is 18.7 Å². The second-order valence-corrected chi connectivity index (χ2v) is 6.22. The normalized spacial score (nSPS) is 14.5. The van der Waals surface area contributed by atoms with Crippen LogP contribution in [0.5, 0.6) is 5.75 Å². The Morgan fingerprint density at radius 1 is 1.12 bits per heavy atom. The van der Waals surface area contributed by atoms with Gasteiger partial charge in [-0.1, -0.05) is 36.3 Å². The molecular weight excluding hydrogens is 310 g/mol. The molecule has 0 radical (unpaired) electrons. The molecule has 0 aromatic heterocycles. The van der Waals surface area contributed by atoms with Gasteiger partial charge in [0.05, 0.1) is 0 Å². The van der Waals surface area contributed by atoms with Crippen molar-refractivity contribution in [3.05, 3.63) is 65.7 Å². The van der Waals surface area contributed by atoms with Gasteiger partial charge in [-0.3, -0.25) is 4.79 Å². The topological polar surface area (TPSA) is 29.5 Å². The predicted molar refractivity (Wildman–Crippen MR) is 99.7 cm³/mol. The van der Waals surface area contributed by atoms with E-state index in [1.807, 2.05) is 54.3 Å². The van der Waals surface area contributed by atoms with Crippen LogP contribution in [0, 0.1) is 11.8 Å². The molecule has 1 saturated heterocycles. The highest BCUT2D eigenvalue weighted by Crippen LogP contribution is 2.30. The third kappa shape index (κ3) is 4.42. The minimum Gasteiger partial charge on any atom is -0.481 e. The van der Waals surface area contributed by atoms with E-state index in [1.165, 1.54) is 5.56 Å². The average Bonchev–Trinajstić information content (AvgIpc) is 2.69. The molecule has 0 saturated carbocycles. The van der Waals surface area contributed by atoms with Crippen LogP contribution in [-0.2, 0) is 0 Å². The van der Waals surface area contributed by atoms with Crippen LogP contribution in [0.15, 0.2) is 54.6 Å². The van der Waals surface area contributed by atoms with Crippen LogP contribution in [0.1, 0.15) is 41.6 Å². The van der Waals surface area contributed by atoms with Gasteiger partial charge in [0.15, 0.2) is 0 Å². The van der Waals surface area contributed by atoms with Gasteiger partial charge in [0.25, 0.3) is 5.91 Å². The van der Waals surface area contributed by atoms with E-state index >= 15 is 0 Å². The van der Waals surface area contributed by atoms with Crippen molar-refractivity contribution in [1.29, 1.82) is 0 Å². The molecule has 2 aromatic rings. The van der Waals surface area contributed by atoms with E-state index in [4.69, 9.17) is 4.74 Å². The summed E-state index contributed by atoms with van der Waals surface area (Å²) >= 11 is 0. The molecule has 0 N–H and O–H groups in total. The first kappa shape index (κ1) is 17.1. The SMILES string of the molecule is CC#CCOc1cccc(C2CCN(C(=O)c3ccccc3)CC2)c1. The zero-order chi connectivity index (χ0) is 17.5. The molecule has 1 aliphatic heterocycles. The van der Waals surface area contributed by atoms with Gasteiger partial charge in [-0.05, 0) is 55.5 Å². The quantitative estimate of drug-likeness (QED) is 0.788. The Morgan fingerprint density at radius 3 is 2.60 bits per heavy atom. The largest absolute Gasteiger partial charge is 0.481 e.